The lowest BCUT2D eigenvalue weighted by Gasteiger charge is -2.16. The lowest BCUT2D eigenvalue weighted by molar-refractivity contribution is 0.100. The highest BCUT2D eigenvalue weighted by molar-refractivity contribution is 7.91. The first-order valence-corrected chi connectivity index (χ1v) is 14.2. The Balaban J connectivity index is 1.51. The Morgan fingerprint density at radius 1 is 0.976 bits per heavy atom. The van der Waals surface area contributed by atoms with E-state index in [0.717, 1.165) is 5.56 Å². The number of aromatic nitrogens is 4. The second-order valence-corrected chi connectivity index (χ2v) is 11.6. The number of nitrogens with one attached hydrogen (secondary N) is 1. The Hall–Kier alpha value is -5.49. The zero-order valence-electron chi connectivity index (χ0n) is 22.6. The predicted octanol–water partition coefficient (Wildman–Crippen LogP) is 4.52. The topological polar surface area (TPSA) is 168 Å². The van der Waals surface area contributed by atoms with E-state index in [1.807, 2.05) is 0 Å². The van der Waals surface area contributed by atoms with Crippen molar-refractivity contribution in [3.8, 4) is 17.1 Å². The summed E-state index contributed by atoms with van der Waals surface area (Å²) in [5.74, 6) is 0.354. The molecule has 3 aromatic carbocycles. The second-order valence-electron chi connectivity index (χ2n) is 9.65. The number of hydrogen-bond donors (Lipinski definition) is 3. The van der Waals surface area contributed by atoms with Crippen molar-refractivity contribution >= 4 is 49.4 Å². The van der Waals surface area contributed by atoms with Gasteiger partial charge in [0.25, 0.3) is 5.91 Å². The van der Waals surface area contributed by atoms with E-state index in [9.17, 15) is 13.2 Å². The van der Waals surface area contributed by atoms with Crippen LogP contribution < -0.4 is 21.5 Å². The molecule has 0 atom stereocenters. The molecule has 0 radical (unpaired) electrons. The Morgan fingerprint density at radius 2 is 1.76 bits per heavy atom. The molecule has 0 aliphatic carbocycles. The number of anilines is 3. The SMILES string of the molecule is COc1cccc(Nc2c(C(N)=O)cnc3c(C)cc(S(=O)(=O)c4ccc5nnc(-c6ccc(N)cc6)n5c4)cc23)c1. The van der Waals surface area contributed by atoms with Gasteiger partial charge in [-0.25, -0.2) is 8.42 Å². The van der Waals surface area contributed by atoms with Crippen LogP contribution in [0.15, 0.2) is 95.0 Å². The molecule has 0 fully saturated rings. The van der Waals surface area contributed by atoms with Gasteiger partial charge in [-0.2, -0.15) is 0 Å². The van der Waals surface area contributed by atoms with Gasteiger partial charge in [0.1, 0.15) is 5.75 Å². The first-order chi connectivity index (χ1) is 20.2. The van der Waals surface area contributed by atoms with Crippen molar-refractivity contribution < 1.29 is 17.9 Å². The summed E-state index contributed by atoms with van der Waals surface area (Å²) >= 11 is 0. The molecule has 42 heavy (non-hydrogen) atoms. The molecule has 0 aliphatic rings. The maximum atomic E-state index is 14.0. The molecule has 1 amide bonds. The third kappa shape index (κ3) is 4.63. The quantitative estimate of drug-likeness (QED) is 0.230. The van der Waals surface area contributed by atoms with E-state index in [-0.39, 0.29) is 15.4 Å². The van der Waals surface area contributed by atoms with Gasteiger partial charge < -0.3 is 21.5 Å². The van der Waals surface area contributed by atoms with Gasteiger partial charge in [-0.3, -0.25) is 14.2 Å². The summed E-state index contributed by atoms with van der Waals surface area (Å²) in [5.41, 5.74) is 15.5. The molecule has 0 aliphatic heterocycles. The number of rotatable bonds is 7. The van der Waals surface area contributed by atoms with Crippen molar-refractivity contribution in [2.45, 2.75) is 16.7 Å². The van der Waals surface area contributed by atoms with E-state index in [1.54, 1.807) is 79.1 Å². The lowest BCUT2D eigenvalue weighted by atomic mass is 10.1. The lowest BCUT2D eigenvalue weighted by Crippen LogP contribution is -2.14. The van der Waals surface area contributed by atoms with Crippen LogP contribution >= 0.6 is 0 Å². The fraction of sp³-hybridized carbons (Fsp3) is 0.0667. The third-order valence-electron chi connectivity index (χ3n) is 6.90. The van der Waals surface area contributed by atoms with Crippen molar-refractivity contribution in [1.82, 2.24) is 19.6 Å². The van der Waals surface area contributed by atoms with Gasteiger partial charge in [-0.05, 0) is 73.2 Å². The summed E-state index contributed by atoms with van der Waals surface area (Å²) in [6.45, 7) is 1.76. The smallest absolute Gasteiger partial charge is 0.252 e. The number of ether oxygens (including phenoxy) is 1. The predicted molar refractivity (Wildman–Crippen MR) is 160 cm³/mol. The van der Waals surface area contributed by atoms with Gasteiger partial charge in [0.2, 0.25) is 9.84 Å². The molecule has 3 heterocycles. The Bertz CT molecular complexity index is 2120. The zero-order chi connectivity index (χ0) is 29.6. The second kappa shape index (κ2) is 10.2. The number of hydrogen-bond acceptors (Lipinski definition) is 9. The normalized spacial score (nSPS) is 11.6. The number of carbonyl (C=O) groups excluding carboxylic acids is 1. The minimum Gasteiger partial charge on any atom is -0.497 e. The fourth-order valence-corrected chi connectivity index (χ4v) is 6.13. The van der Waals surface area contributed by atoms with Gasteiger partial charge >= 0.3 is 0 Å². The van der Waals surface area contributed by atoms with Crippen LogP contribution in [0.4, 0.5) is 17.1 Å². The number of benzene rings is 3. The standard InChI is InChI=1S/C30H25N7O4S/c1-17-12-23(14-24-27(17)33-15-25(29(32)38)28(24)34-20-4-3-5-21(13-20)41-2)42(39,40)22-10-11-26-35-36-30(37(26)16-22)18-6-8-19(31)9-7-18/h3-16H,31H2,1-2H3,(H2,32,38)(H,33,34). The minimum absolute atomic E-state index is 0.0195. The van der Waals surface area contributed by atoms with Crippen molar-refractivity contribution in [2.75, 3.05) is 18.2 Å². The largest absolute Gasteiger partial charge is 0.497 e. The van der Waals surface area contributed by atoms with E-state index in [2.05, 4.69) is 20.5 Å². The van der Waals surface area contributed by atoms with Crippen LogP contribution in [0, 0.1) is 6.92 Å². The minimum atomic E-state index is -4.05. The maximum absolute atomic E-state index is 14.0. The first-order valence-electron chi connectivity index (χ1n) is 12.8. The Kier molecular flexibility index (Phi) is 6.46. The third-order valence-corrected chi connectivity index (χ3v) is 8.62. The average Bonchev–Trinajstić information content (AvgIpc) is 3.41. The van der Waals surface area contributed by atoms with Gasteiger partial charge in [0, 0.05) is 40.8 Å². The van der Waals surface area contributed by atoms with Gasteiger partial charge in [0.05, 0.1) is 33.7 Å². The summed E-state index contributed by atoms with van der Waals surface area (Å²) < 4.78 is 35.0. The molecule has 0 bridgehead atoms. The highest BCUT2D eigenvalue weighted by Crippen LogP contribution is 2.35. The Labute approximate surface area is 240 Å². The molecular formula is C30H25N7O4S. The summed E-state index contributed by atoms with van der Waals surface area (Å²) in [4.78, 5) is 16.9. The summed E-state index contributed by atoms with van der Waals surface area (Å²) in [5, 5.41) is 12.1. The summed E-state index contributed by atoms with van der Waals surface area (Å²) in [7, 11) is -2.50. The molecule has 210 valence electrons. The molecule has 11 nitrogen and oxygen atoms in total. The molecule has 0 saturated heterocycles. The number of methoxy groups -OCH3 is 1. The first kappa shape index (κ1) is 26.7. The average molecular weight is 580 g/mol. The molecule has 5 N–H and O–H groups in total. The van der Waals surface area contributed by atoms with Crippen LogP contribution in [0.2, 0.25) is 0 Å². The van der Waals surface area contributed by atoms with Crippen molar-refractivity contribution in [3.05, 3.63) is 96.3 Å². The fourth-order valence-electron chi connectivity index (χ4n) is 4.76. The van der Waals surface area contributed by atoms with E-state index in [1.165, 1.54) is 24.5 Å². The number of pyridine rings is 2. The number of sulfone groups is 1. The molecule has 0 unspecified atom stereocenters. The number of carbonyl (C=O) groups is 1. The number of nitrogen functional groups attached to an aromatic ring is 1. The van der Waals surface area contributed by atoms with Crippen LogP contribution in [-0.2, 0) is 9.84 Å². The van der Waals surface area contributed by atoms with E-state index >= 15 is 0 Å². The van der Waals surface area contributed by atoms with Crippen molar-refractivity contribution in [2.24, 2.45) is 5.73 Å². The van der Waals surface area contributed by atoms with Gasteiger partial charge in [-0.1, -0.05) is 6.07 Å². The Morgan fingerprint density at radius 3 is 2.50 bits per heavy atom. The van der Waals surface area contributed by atoms with Crippen LogP contribution in [0.25, 0.3) is 27.9 Å². The molecule has 0 saturated carbocycles. The highest BCUT2D eigenvalue weighted by atomic mass is 32.2. The number of nitrogens with two attached hydrogens (primary N) is 2. The molecule has 12 heteroatoms. The van der Waals surface area contributed by atoms with E-state index < -0.39 is 15.7 Å². The molecule has 6 rings (SSSR count). The van der Waals surface area contributed by atoms with Gasteiger partial charge in [0.15, 0.2) is 11.5 Å². The maximum Gasteiger partial charge on any atom is 0.252 e. The number of amides is 1. The van der Waals surface area contributed by atoms with Crippen LogP contribution in [-0.4, -0.2) is 41.0 Å². The number of primary amides is 1. The highest BCUT2D eigenvalue weighted by Gasteiger charge is 2.23. The zero-order valence-corrected chi connectivity index (χ0v) is 23.4. The molecule has 0 spiro atoms. The molecule has 6 aromatic rings. The molecular weight excluding hydrogens is 554 g/mol. The van der Waals surface area contributed by atoms with Gasteiger partial charge in [-0.15, -0.1) is 10.2 Å². The number of aryl methyl sites for hydroxylation is 1. The van der Waals surface area contributed by atoms with E-state index in [0.29, 0.717) is 50.7 Å². The van der Waals surface area contributed by atoms with Crippen LogP contribution in [0.3, 0.4) is 0 Å². The molecule has 3 aromatic heterocycles. The van der Waals surface area contributed by atoms with E-state index in [4.69, 9.17) is 16.2 Å². The summed E-state index contributed by atoms with van der Waals surface area (Å²) in [6, 6.07) is 20.3. The monoisotopic (exact) mass is 579 g/mol. The summed E-state index contributed by atoms with van der Waals surface area (Å²) in [6.07, 6.45) is 2.87. The number of nitrogens with zero attached hydrogens (tertiary/aromatic N) is 4. The van der Waals surface area contributed by atoms with Crippen molar-refractivity contribution in [1.29, 1.82) is 0 Å². The van der Waals surface area contributed by atoms with Crippen LogP contribution in [0.5, 0.6) is 5.75 Å². The van der Waals surface area contributed by atoms with Crippen LogP contribution in [0.1, 0.15) is 15.9 Å². The number of fused-ring (bicyclic) bond motifs is 2. The van der Waals surface area contributed by atoms with Crippen molar-refractivity contribution in [3.63, 3.8) is 0 Å².